The fraction of sp³-hybridized carbons (Fsp3) is 0.273. The smallest absolute Gasteiger partial charge is 0.138 e. The Balaban J connectivity index is 1.41. The zero-order valence-electron chi connectivity index (χ0n) is 16.5. The summed E-state index contributed by atoms with van der Waals surface area (Å²) in [6.07, 6.45) is 8.52. The van der Waals surface area contributed by atoms with Gasteiger partial charge in [0.05, 0.1) is 17.5 Å². The number of H-pyrrole nitrogens is 1. The van der Waals surface area contributed by atoms with E-state index >= 15 is 0 Å². The second kappa shape index (κ2) is 6.40. The average Bonchev–Trinajstić information content (AvgIpc) is 3.38. The van der Waals surface area contributed by atoms with Crippen LogP contribution in [0.5, 0.6) is 0 Å². The van der Waals surface area contributed by atoms with Crippen molar-refractivity contribution in [3.63, 3.8) is 0 Å². The molecule has 3 fully saturated rings. The Morgan fingerprint density at radius 3 is 2.60 bits per heavy atom. The second-order valence-electron chi connectivity index (χ2n) is 8.11. The normalized spacial score (nSPS) is 20.2. The van der Waals surface area contributed by atoms with E-state index in [0.717, 1.165) is 52.3 Å². The SMILES string of the molecule is Cn1cc(-c2cc3c(-c4ccc(N5CC6CC(C5)N6)nc4)c(C#N)cnc3[nH]2)cn1. The maximum Gasteiger partial charge on any atom is 0.138 e. The molecule has 4 aromatic rings. The van der Waals surface area contributed by atoms with Gasteiger partial charge in [0.15, 0.2) is 0 Å². The van der Waals surface area contributed by atoms with Crippen molar-refractivity contribution in [3.05, 3.63) is 48.5 Å². The van der Waals surface area contributed by atoms with Gasteiger partial charge >= 0.3 is 0 Å². The molecule has 4 aromatic heterocycles. The van der Waals surface area contributed by atoms with E-state index in [0.29, 0.717) is 17.6 Å². The fourth-order valence-corrected chi connectivity index (χ4v) is 4.61. The first-order valence-corrected chi connectivity index (χ1v) is 10.1. The maximum absolute atomic E-state index is 9.71. The van der Waals surface area contributed by atoms with Crippen molar-refractivity contribution in [3.8, 4) is 28.5 Å². The van der Waals surface area contributed by atoms with E-state index in [1.807, 2.05) is 31.7 Å². The molecule has 2 bridgehead atoms. The molecular weight excluding hydrogens is 376 g/mol. The van der Waals surface area contributed by atoms with Crippen molar-refractivity contribution in [2.45, 2.75) is 18.5 Å². The number of aromatic nitrogens is 5. The number of rotatable bonds is 3. The van der Waals surface area contributed by atoms with Gasteiger partial charge in [-0.2, -0.15) is 10.4 Å². The van der Waals surface area contributed by atoms with Crippen LogP contribution < -0.4 is 10.2 Å². The molecule has 8 nitrogen and oxygen atoms in total. The Bertz CT molecular complexity index is 1280. The summed E-state index contributed by atoms with van der Waals surface area (Å²) < 4.78 is 1.76. The number of pyridine rings is 2. The monoisotopic (exact) mass is 396 g/mol. The zero-order valence-corrected chi connectivity index (χ0v) is 16.5. The molecule has 2 unspecified atom stereocenters. The molecule has 0 spiro atoms. The Hall–Kier alpha value is -3.70. The van der Waals surface area contributed by atoms with Crippen molar-refractivity contribution < 1.29 is 0 Å². The van der Waals surface area contributed by atoms with Crippen LogP contribution >= 0.6 is 0 Å². The molecule has 3 saturated heterocycles. The lowest BCUT2D eigenvalue weighted by molar-refractivity contribution is 0.225. The molecule has 0 saturated carbocycles. The molecule has 7 heterocycles. The van der Waals surface area contributed by atoms with Crippen LogP contribution in [0.3, 0.4) is 0 Å². The van der Waals surface area contributed by atoms with Crippen LogP contribution in [0.2, 0.25) is 0 Å². The van der Waals surface area contributed by atoms with Crippen molar-refractivity contribution in [1.82, 2.24) is 30.0 Å². The Morgan fingerprint density at radius 1 is 1.10 bits per heavy atom. The number of hydrogen-bond donors (Lipinski definition) is 2. The Morgan fingerprint density at radius 2 is 1.93 bits per heavy atom. The average molecular weight is 396 g/mol. The van der Waals surface area contributed by atoms with Crippen LogP contribution in [0.1, 0.15) is 12.0 Å². The van der Waals surface area contributed by atoms with Crippen LogP contribution in [-0.2, 0) is 7.05 Å². The largest absolute Gasteiger partial charge is 0.353 e. The van der Waals surface area contributed by atoms with Crippen LogP contribution in [0.25, 0.3) is 33.4 Å². The number of fused-ring (bicyclic) bond motifs is 3. The molecule has 3 aliphatic rings. The molecule has 2 N–H and O–H groups in total. The van der Waals surface area contributed by atoms with Gasteiger partial charge in [0.1, 0.15) is 17.5 Å². The first-order chi connectivity index (χ1) is 14.7. The maximum atomic E-state index is 9.71. The molecule has 2 atom stereocenters. The van der Waals surface area contributed by atoms with Gasteiger partial charge in [-0.15, -0.1) is 0 Å². The summed E-state index contributed by atoms with van der Waals surface area (Å²) in [5.74, 6) is 0.990. The van der Waals surface area contributed by atoms with Crippen molar-refractivity contribution >= 4 is 16.9 Å². The molecular formula is C22H20N8. The summed E-state index contributed by atoms with van der Waals surface area (Å²) in [5, 5.41) is 18.4. The van der Waals surface area contributed by atoms with E-state index in [-0.39, 0.29) is 0 Å². The van der Waals surface area contributed by atoms with Crippen LogP contribution in [-0.4, -0.2) is 49.9 Å². The zero-order chi connectivity index (χ0) is 20.2. The Labute approximate surface area is 173 Å². The summed E-state index contributed by atoms with van der Waals surface area (Å²) in [6, 6.07) is 9.61. The molecule has 0 radical (unpaired) electrons. The minimum atomic E-state index is 0.539. The summed E-state index contributed by atoms with van der Waals surface area (Å²) in [5.41, 5.74) is 4.96. The quantitative estimate of drug-likeness (QED) is 0.552. The van der Waals surface area contributed by atoms with Crippen molar-refractivity contribution in [2.24, 2.45) is 7.05 Å². The van der Waals surface area contributed by atoms with E-state index < -0.39 is 0 Å². The van der Waals surface area contributed by atoms with Gasteiger partial charge in [0.25, 0.3) is 0 Å². The number of anilines is 1. The van der Waals surface area contributed by atoms with Crippen molar-refractivity contribution in [1.29, 1.82) is 5.26 Å². The minimum absolute atomic E-state index is 0.539. The number of hydrogen-bond acceptors (Lipinski definition) is 6. The van der Waals surface area contributed by atoms with Crippen LogP contribution in [0, 0.1) is 11.3 Å². The number of nitrogens with zero attached hydrogens (tertiary/aromatic N) is 6. The number of piperidine rings is 1. The molecule has 0 amide bonds. The predicted octanol–water partition coefficient (Wildman–Crippen LogP) is 2.45. The number of aromatic amines is 1. The highest BCUT2D eigenvalue weighted by Crippen LogP contribution is 2.34. The summed E-state index contributed by atoms with van der Waals surface area (Å²) in [4.78, 5) is 14.9. The van der Waals surface area contributed by atoms with E-state index in [1.54, 1.807) is 10.9 Å². The minimum Gasteiger partial charge on any atom is -0.353 e. The summed E-state index contributed by atoms with van der Waals surface area (Å²) in [7, 11) is 1.89. The molecule has 0 aromatic carbocycles. The van der Waals surface area contributed by atoms with Gasteiger partial charge < -0.3 is 15.2 Å². The number of nitrogens with one attached hydrogen (secondary N) is 2. The first-order valence-electron chi connectivity index (χ1n) is 10.1. The standard InChI is InChI=1S/C22H20N8/c1-29-10-15(9-26-29)19-5-18-21(14(6-23)8-25-22(18)28-19)13-2-3-20(24-7-13)30-11-16-4-17(12-30)27-16/h2-3,5,7-10,16-17,27H,4,11-12H2,1H3,(H,25,28). The van der Waals surface area contributed by atoms with Gasteiger partial charge in [-0.1, -0.05) is 0 Å². The summed E-state index contributed by atoms with van der Waals surface area (Å²) >= 11 is 0. The third kappa shape index (κ3) is 2.67. The lowest BCUT2D eigenvalue weighted by Crippen LogP contribution is -2.67. The van der Waals surface area contributed by atoms with Gasteiger partial charge in [0, 0.05) is 72.9 Å². The molecule has 8 heteroatoms. The van der Waals surface area contributed by atoms with E-state index in [4.69, 9.17) is 4.98 Å². The first kappa shape index (κ1) is 17.2. The van der Waals surface area contributed by atoms with Crippen molar-refractivity contribution in [2.75, 3.05) is 18.0 Å². The summed E-state index contributed by atoms with van der Waals surface area (Å²) in [6.45, 7) is 2.00. The van der Waals surface area contributed by atoms with E-state index in [9.17, 15) is 5.26 Å². The number of nitriles is 1. The highest BCUT2D eigenvalue weighted by atomic mass is 15.3. The molecule has 148 valence electrons. The molecule has 30 heavy (non-hydrogen) atoms. The van der Waals surface area contributed by atoms with Gasteiger partial charge in [0.2, 0.25) is 0 Å². The highest BCUT2D eigenvalue weighted by Gasteiger charge is 2.36. The highest BCUT2D eigenvalue weighted by molar-refractivity contribution is 5.98. The molecule has 7 rings (SSSR count). The van der Waals surface area contributed by atoms with Crippen LogP contribution in [0.15, 0.2) is 43.0 Å². The lowest BCUT2D eigenvalue weighted by atomic mass is 9.91. The van der Waals surface area contributed by atoms with Crippen LogP contribution in [0.4, 0.5) is 5.82 Å². The third-order valence-electron chi connectivity index (χ3n) is 6.08. The number of aryl methyl sites for hydroxylation is 1. The molecule has 3 aliphatic heterocycles. The Kier molecular flexibility index (Phi) is 3.67. The second-order valence-corrected chi connectivity index (χ2v) is 8.11. The van der Waals surface area contributed by atoms with E-state index in [1.165, 1.54) is 6.42 Å². The third-order valence-corrected chi connectivity index (χ3v) is 6.08. The topological polar surface area (TPSA) is 98.5 Å². The lowest BCUT2D eigenvalue weighted by Gasteiger charge is -2.48. The van der Waals surface area contributed by atoms with Gasteiger partial charge in [-0.25, -0.2) is 9.97 Å². The fourth-order valence-electron chi connectivity index (χ4n) is 4.61. The van der Waals surface area contributed by atoms with Gasteiger partial charge in [-0.3, -0.25) is 4.68 Å². The van der Waals surface area contributed by atoms with Gasteiger partial charge in [-0.05, 0) is 24.6 Å². The predicted molar refractivity (Wildman–Crippen MR) is 114 cm³/mol. The molecule has 0 aliphatic carbocycles. The van der Waals surface area contributed by atoms with E-state index in [2.05, 4.69) is 43.5 Å². The number of piperazine rings is 1.